The molecule has 1 aromatic heterocycles. The van der Waals surface area contributed by atoms with Crippen molar-refractivity contribution in [2.24, 2.45) is 0 Å². The van der Waals surface area contributed by atoms with Gasteiger partial charge in [0.1, 0.15) is 0 Å². The van der Waals surface area contributed by atoms with Gasteiger partial charge in [-0.2, -0.15) is 0 Å². The maximum Gasteiger partial charge on any atom is 0.253 e. The van der Waals surface area contributed by atoms with E-state index < -0.39 is 0 Å². The summed E-state index contributed by atoms with van der Waals surface area (Å²) in [6.45, 7) is 1.95. The lowest BCUT2D eigenvalue weighted by molar-refractivity contribution is -0.128. The van der Waals surface area contributed by atoms with E-state index in [1.165, 1.54) is 18.9 Å². The average Bonchev–Trinajstić information content (AvgIpc) is 2.88. The van der Waals surface area contributed by atoms with Crippen molar-refractivity contribution in [2.75, 3.05) is 12.9 Å². The Bertz CT molecular complexity index is 615. The molecule has 7 heteroatoms. The van der Waals surface area contributed by atoms with Gasteiger partial charge in [0.15, 0.2) is 5.16 Å². The molecule has 0 aliphatic heterocycles. The van der Waals surface area contributed by atoms with Crippen LogP contribution in [-0.4, -0.2) is 28.3 Å². The van der Waals surface area contributed by atoms with Crippen LogP contribution in [0, 0.1) is 6.92 Å². The Morgan fingerprint density at radius 2 is 2.35 bits per heavy atom. The normalized spacial score (nSPS) is 10.6. The minimum absolute atomic E-state index is 0.213. The predicted molar refractivity (Wildman–Crippen MR) is 79.2 cm³/mol. The van der Waals surface area contributed by atoms with E-state index in [2.05, 4.69) is 15.3 Å². The molecule has 0 unspecified atom stereocenters. The third-order valence-electron chi connectivity index (χ3n) is 2.65. The third kappa shape index (κ3) is 3.33. The lowest BCUT2D eigenvalue weighted by Gasteiger charge is -2.11. The van der Waals surface area contributed by atoms with Crippen LogP contribution in [0.1, 0.15) is 5.56 Å². The van der Waals surface area contributed by atoms with Crippen molar-refractivity contribution in [3.8, 4) is 5.69 Å². The van der Waals surface area contributed by atoms with E-state index in [4.69, 9.17) is 11.6 Å². The van der Waals surface area contributed by atoms with Gasteiger partial charge in [0, 0.05) is 17.4 Å². The van der Waals surface area contributed by atoms with E-state index in [1.807, 2.05) is 35.9 Å². The molecule has 0 spiro atoms. The van der Waals surface area contributed by atoms with Gasteiger partial charge in [0.2, 0.25) is 0 Å². The first kappa shape index (κ1) is 14.9. The van der Waals surface area contributed by atoms with Crippen molar-refractivity contribution in [3.63, 3.8) is 0 Å². The van der Waals surface area contributed by atoms with Crippen molar-refractivity contribution >= 4 is 29.3 Å². The molecular weight excluding hydrogens is 298 g/mol. The van der Waals surface area contributed by atoms with E-state index in [9.17, 15) is 4.79 Å². The van der Waals surface area contributed by atoms with E-state index in [-0.39, 0.29) is 11.7 Å². The van der Waals surface area contributed by atoms with Crippen LogP contribution in [0.4, 0.5) is 0 Å². The topological polar surface area (TPSA) is 56.1 Å². The van der Waals surface area contributed by atoms with Crippen LogP contribution < -0.4 is 5.48 Å². The zero-order valence-corrected chi connectivity index (χ0v) is 12.7. The Hall–Kier alpha value is -1.50. The second-order valence-corrected chi connectivity index (χ2v) is 5.33. The number of hydrogen-bond acceptors (Lipinski definition) is 4. The van der Waals surface area contributed by atoms with Gasteiger partial charge in [-0.3, -0.25) is 14.2 Å². The molecule has 0 saturated heterocycles. The lowest BCUT2D eigenvalue weighted by Crippen LogP contribution is -2.23. The quantitative estimate of drug-likeness (QED) is 0.681. The third-order valence-corrected chi connectivity index (χ3v) is 4.03. The molecule has 106 valence electrons. The highest BCUT2D eigenvalue weighted by Gasteiger charge is 2.11. The number of nitrogens with zero attached hydrogens (tertiary/aromatic N) is 2. The second-order valence-electron chi connectivity index (χ2n) is 3.98. The summed E-state index contributed by atoms with van der Waals surface area (Å²) < 4.78 is 1.91. The van der Waals surface area contributed by atoms with Crippen LogP contribution in [0.2, 0.25) is 5.02 Å². The minimum atomic E-state index is -0.213. The first-order chi connectivity index (χ1) is 9.63. The maximum atomic E-state index is 11.4. The number of nitrogens with one attached hydrogen (secondary N) is 1. The van der Waals surface area contributed by atoms with Gasteiger partial charge in [-0.15, -0.1) is 0 Å². The smallest absolute Gasteiger partial charge is 0.253 e. The number of carbonyl (C=O) groups is 1. The summed E-state index contributed by atoms with van der Waals surface area (Å²) in [5, 5.41) is 1.42. The standard InChI is InChI=1S/C13H14ClN3O2S/c1-9-10(14)4-3-5-11(9)17-7-6-15-13(17)20-8-12(18)16-19-2/h3-7H,8H2,1-2H3,(H,16,18). The molecule has 1 aromatic carbocycles. The second kappa shape index (κ2) is 6.78. The highest BCUT2D eigenvalue weighted by Crippen LogP contribution is 2.26. The molecule has 0 bridgehead atoms. The molecule has 1 N–H and O–H groups in total. The minimum Gasteiger partial charge on any atom is -0.295 e. The number of thioether (sulfide) groups is 1. The highest BCUT2D eigenvalue weighted by atomic mass is 35.5. The first-order valence-electron chi connectivity index (χ1n) is 5.87. The monoisotopic (exact) mass is 311 g/mol. The summed E-state index contributed by atoms with van der Waals surface area (Å²) in [6.07, 6.45) is 3.53. The van der Waals surface area contributed by atoms with Gasteiger partial charge >= 0.3 is 0 Å². The largest absolute Gasteiger partial charge is 0.295 e. The Morgan fingerprint density at radius 3 is 3.10 bits per heavy atom. The molecule has 0 saturated carbocycles. The van der Waals surface area contributed by atoms with E-state index >= 15 is 0 Å². The van der Waals surface area contributed by atoms with Gasteiger partial charge in [0.25, 0.3) is 5.91 Å². The maximum absolute atomic E-state index is 11.4. The highest BCUT2D eigenvalue weighted by molar-refractivity contribution is 7.99. The number of hydrogen-bond donors (Lipinski definition) is 1. The Kier molecular flexibility index (Phi) is 5.05. The Balaban J connectivity index is 2.20. The predicted octanol–water partition coefficient (Wildman–Crippen LogP) is 2.60. The average molecular weight is 312 g/mol. The van der Waals surface area contributed by atoms with Crippen molar-refractivity contribution < 1.29 is 9.63 Å². The van der Waals surface area contributed by atoms with Crippen molar-refractivity contribution in [1.29, 1.82) is 0 Å². The first-order valence-corrected chi connectivity index (χ1v) is 7.23. The molecule has 2 rings (SSSR count). The molecule has 0 fully saturated rings. The molecule has 1 amide bonds. The fraction of sp³-hybridized carbons (Fsp3) is 0.231. The van der Waals surface area contributed by atoms with E-state index in [0.29, 0.717) is 5.02 Å². The molecule has 2 aromatic rings. The number of rotatable bonds is 5. The Morgan fingerprint density at radius 1 is 1.55 bits per heavy atom. The number of benzene rings is 1. The van der Waals surface area contributed by atoms with Crippen molar-refractivity contribution in [1.82, 2.24) is 15.0 Å². The fourth-order valence-electron chi connectivity index (χ4n) is 1.71. The summed E-state index contributed by atoms with van der Waals surface area (Å²) >= 11 is 7.46. The van der Waals surface area contributed by atoms with Crippen LogP contribution in [0.25, 0.3) is 5.69 Å². The van der Waals surface area contributed by atoms with Crippen molar-refractivity contribution in [3.05, 3.63) is 41.2 Å². The van der Waals surface area contributed by atoms with Crippen LogP contribution in [0.3, 0.4) is 0 Å². The van der Waals surface area contributed by atoms with Gasteiger partial charge in [-0.05, 0) is 24.6 Å². The van der Waals surface area contributed by atoms with Crippen LogP contribution in [0.15, 0.2) is 35.7 Å². The summed E-state index contributed by atoms with van der Waals surface area (Å²) in [4.78, 5) is 20.2. The number of halogens is 1. The summed E-state index contributed by atoms with van der Waals surface area (Å²) in [5.74, 6) is 0.0136. The van der Waals surface area contributed by atoms with Crippen molar-refractivity contribution in [2.45, 2.75) is 12.1 Å². The summed E-state index contributed by atoms with van der Waals surface area (Å²) in [6, 6.07) is 5.69. The molecule has 0 aliphatic rings. The van der Waals surface area contributed by atoms with Gasteiger partial charge < -0.3 is 0 Å². The number of hydroxylamine groups is 1. The zero-order valence-electron chi connectivity index (χ0n) is 11.1. The number of carbonyl (C=O) groups excluding carboxylic acids is 1. The van der Waals surface area contributed by atoms with Gasteiger partial charge in [0.05, 0.1) is 18.6 Å². The van der Waals surface area contributed by atoms with Crippen LogP contribution in [-0.2, 0) is 9.63 Å². The molecule has 0 aliphatic carbocycles. The summed E-state index contributed by atoms with van der Waals surface area (Å²) in [7, 11) is 1.40. The SMILES string of the molecule is CONC(=O)CSc1nccn1-c1cccc(Cl)c1C. The Labute approximate surface area is 126 Å². The zero-order chi connectivity index (χ0) is 14.5. The number of imidazole rings is 1. The molecule has 1 heterocycles. The molecule has 20 heavy (non-hydrogen) atoms. The lowest BCUT2D eigenvalue weighted by atomic mass is 10.2. The number of amides is 1. The molecule has 0 atom stereocenters. The van der Waals surface area contributed by atoms with Gasteiger partial charge in [-0.25, -0.2) is 10.5 Å². The molecular formula is C13H14ClN3O2S. The molecule has 5 nitrogen and oxygen atoms in total. The van der Waals surface area contributed by atoms with E-state index in [0.717, 1.165) is 16.4 Å². The summed E-state index contributed by atoms with van der Waals surface area (Å²) in [5.41, 5.74) is 4.19. The van der Waals surface area contributed by atoms with Crippen LogP contribution >= 0.6 is 23.4 Å². The van der Waals surface area contributed by atoms with Gasteiger partial charge in [-0.1, -0.05) is 29.4 Å². The number of aromatic nitrogens is 2. The van der Waals surface area contributed by atoms with E-state index in [1.54, 1.807) is 6.20 Å². The fourth-order valence-corrected chi connectivity index (χ4v) is 2.63. The molecule has 0 radical (unpaired) electrons. The van der Waals surface area contributed by atoms with Crippen LogP contribution in [0.5, 0.6) is 0 Å².